The number of hydrogen-bond donors (Lipinski definition) is 1. The molecule has 122 valence electrons. The fourth-order valence-electron chi connectivity index (χ4n) is 2.38. The van der Waals surface area contributed by atoms with Crippen molar-refractivity contribution in [2.24, 2.45) is 0 Å². The van der Waals surface area contributed by atoms with Gasteiger partial charge in [0.2, 0.25) is 0 Å². The van der Waals surface area contributed by atoms with E-state index >= 15 is 0 Å². The van der Waals surface area contributed by atoms with Gasteiger partial charge in [-0.1, -0.05) is 40.9 Å². The van der Waals surface area contributed by atoms with Crippen LogP contribution in [-0.2, 0) is 0 Å². The van der Waals surface area contributed by atoms with Gasteiger partial charge in [0.25, 0.3) is 5.91 Å². The number of amides is 1. The Hall–Kier alpha value is -2.23. The van der Waals surface area contributed by atoms with Crippen molar-refractivity contribution in [1.29, 1.82) is 0 Å². The molecule has 3 rings (SSSR count). The van der Waals surface area contributed by atoms with Crippen molar-refractivity contribution in [3.63, 3.8) is 0 Å². The Kier molecular flexibility index (Phi) is 4.65. The highest BCUT2D eigenvalue weighted by molar-refractivity contribution is 6.35. The third-order valence-corrected chi connectivity index (χ3v) is 4.06. The Labute approximate surface area is 150 Å². The summed E-state index contributed by atoms with van der Waals surface area (Å²) in [6.07, 6.45) is 0. The Morgan fingerprint density at radius 2 is 1.58 bits per heavy atom. The van der Waals surface area contributed by atoms with Gasteiger partial charge >= 0.3 is 0 Å². The van der Waals surface area contributed by atoms with Crippen LogP contribution in [0.5, 0.6) is 0 Å². The Morgan fingerprint density at radius 1 is 0.958 bits per heavy atom. The molecule has 0 atom stereocenters. The van der Waals surface area contributed by atoms with Crippen LogP contribution in [0.2, 0.25) is 10.0 Å². The highest BCUT2D eigenvalue weighted by Gasteiger charge is 2.16. The molecule has 0 aliphatic rings. The normalized spacial score (nSPS) is 10.7. The number of hydrogen-bond acceptors (Lipinski definition) is 2. The summed E-state index contributed by atoms with van der Waals surface area (Å²) in [5.74, 6) is 0.858. The third-order valence-electron chi connectivity index (χ3n) is 3.62. The first-order valence-corrected chi connectivity index (χ1v) is 8.13. The topological polar surface area (TPSA) is 42.2 Å². The molecule has 0 aliphatic heterocycles. The molecule has 0 unspecified atom stereocenters. The second-order valence-corrected chi connectivity index (χ2v) is 6.43. The maximum absolute atomic E-state index is 12.5. The molecule has 1 N–H and O–H groups in total. The van der Waals surface area contributed by atoms with E-state index in [4.69, 9.17) is 27.6 Å². The lowest BCUT2D eigenvalue weighted by molar-refractivity contribution is 0.102. The van der Waals surface area contributed by atoms with Crippen LogP contribution in [0.1, 0.15) is 21.7 Å². The molecular weight excluding hydrogens is 345 g/mol. The number of anilines is 1. The van der Waals surface area contributed by atoms with Crippen molar-refractivity contribution in [2.45, 2.75) is 13.8 Å². The van der Waals surface area contributed by atoms with E-state index in [0.29, 0.717) is 27.1 Å². The minimum absolute atomic E-state index is 0.223. The molecule has 1 aromatic heterocycles. The zero-order chi connectivity index (χ0) is 17.3. The minimum atomic E-state index is -0.223. The molecule has 2 aromatic carbocycles. The summed E-state index contributed by atoms with van der Waals surface area (Å²) < 4.78 is 5.71. The van der Waals surface area contributed by atoms with Gasteiger partial charge in [-0.25, -0.2) is 0 Å². The van der Waals surface area contributed by atoms with Gasteiger partial charge in [0.05, 0.1) is 5.56 Å². The van der Waals surface area contributed by atoms with Crippen LogP contribution >= 0.6 is 23.2 Å². The molecule has 0 spiro atoms. The number of rotatable bonds is 3. The largest absolute Gasteiger partial charge is 0.461 e. The quantitative estimate of drug-likeness (QED) is 0.611. The van der Waals surface area contributed by atoms with Crippen LogP contribution in [0.4, 0.5) is 5.69 Å². The first-order valence-electron chi connectivity index (χ1n) is 7.37. The molecule has 1 amide bonds. The maximum atomic E-state index is 12.5. The molecule has 24 heavy (non-hydrogen) atoms. The van der Waals surface area contributed by atoms with Gasteiger partial charge in [-0.3, -0.25) is 4.79 Å². The molecule has 3 aromatic rings. The predicted octanol–water partition coefficient (Wildman–Crippen LogP) is 6.12. The predicted molar refractivity (Wildman–Crippen MR) is 98.0 cm³/mol. The molecule has 0 bridgehead atoms. The lowest BCUT2D eigenvalue weighted by Gasteiger charge is -2.04. The van der Waals surface area contributed by atoms with Crippen LogP contribution in [-0.4, -0.2) is 5.91 Å². The average Bonchev–Trinajstić information content (AvgIpc) is 2.91. The van der Waals surface area contributed by atoms with E-state index in [9.17, 15) is 4.79 Å². The summed E-state index contributed by atoms with van der Waals surface area (Å²) in [6, 6.07) is 14.4. The van der Waals surface area contributed by atoms with Crippen LogP contribution in [0.3, 0.4) is 0 Å². The van der Waals surface area contributed by atoms with Gasteiger partial charge in [0.1, 0.15) is 11.5 Å². The highest BCUT2D eigenvalue weighted by atomic mass is 35.5. The minimum Gasteiger partial charge on any atom is -0.461 e. The van der Waals surface area contributed by atoms with E-state index < -0.39 is 0 Å². The van der Waals surface area contributed by atoms with Crippen LogP contribution in [0.15, 0.2) is 52.9 Å². The third kappa shape index (κ3) is 3.64. The van der Waals surface area contributed by atoms with Gasteiger partial charge in [0, 0.05) is 21.3 Å². The smallest absolute Gasteiger partial charge is 0.259 e. The van der Waals surface area contributed by atoms with E-state index in [-0.39, 0.29) is 5.91 Å². The van der Waals surface area contributed by atoms with Gasteiger partial charge in [-0.15, -0.1) is 0 Å². The molecule has 3 nitrogen and oxygen atoms in total. The SMILES string of the molecule is Cc1ccc(NC(=O)c2cc(-c3cc(Cl)cc(Cl)c3)oc2C)cc1. The van der Waals surface area contributed by atoms with Crippen molar-refractivity contribution in [2.75, 3.05) is 5.32 Å². The second kappa shape index (κ2) is 6.71. The lowest BCUT2D eigenvalue weighted by Crippen LogP contribution is -2.11. The summed E-state index contributed by atoms with van der Waals surface area (Å²) >= 11 is 12.0. The summed E-state index contributed by atoms with van der Waals surface area (Å²) in [5, 5.41) is 3.89. The maximum Gasteiger partial charge on any atom is 0.259 e. The van der Waals surface area contributed by atoms with E-state index in [1.165, 1.54) is 0 Å². The summed E-state index contributed by atoms with van der Waals surface area (Å²) in [4.78, 5) is 12.5. The summed E-state index contributed by atoms with van der Waals surface area (Å²) in [7, 11) is 0. The number of furan rings is 1. The first kappa shape index (κ1) is 16.6. The average molecular weight is 360 g/mol. The first-order chi connectivity index (χ1) is 11.4. The zero-order valence-electron chi connectivity index (χ0n) is 13.2. The van der Waals surface area contributed by atoms with Gasteiger partial charge in [-0.05, 0) is 50.2 Å². The molecule has 1 heterocycles. The molecule has 0 aliphatic carbocycles. The Bertz CT molecular complexity index is 878. The van der Waals surface area contributed by atoms with Crippen molar-refractivity contribution in [1.82, 2.24) is 0 Å². The molecule has 0 radical (unpaired) electrons. The van der Waals surface area contributed by atoms with Crippen LogP contribution < -0.4 is 5.32 Å². The highest BCUT2D eigenvalue weighted by Crippen LogP contribution is 2.30. The fourth-order valence-corrected chi connectivity index (χ4v) is 2.91. The fraction of sp³-hybridized carbons (Fsp3) is 0.105. The van der Waals surface area contributed by atoms with Crippen molar-refractivity contribution >= 4 is 34.8 Å². The number of halogens is 2. The Balaban J connectivity index is 1.88. The number of nitrogens with one attached hydrogen (secondary N) is 1. The van der Waals surface area contributed by atoms with E-state index in [1.807, 2.05) is 31.2 Å². The molecule has 0 saturated heterocycles. The van der Waals surface area contributed by atoms with Gasteiger partial charge in [0.15, 0.2) is 0 Å². The van der Waals surface area contributed by atoms with E-state index in [0.717, 1.165) is 16.8 Å². The van der Waals surface area contributed by atoms with Crippen molar-refractivity contribution in [3.8, 4) is 11.3 Å². The number of benzene rings is 2. The number of carbonyl (C=O) groups excluding carboxylic acids is 1. The monoisotopic (exact) mass is 359 g/mol. The molecular formula is C19H15Cl2NO2. The van der Waals surface area contributed by atoms with Crippen LogP contribution in [0, 0.1) is 13.8 Å². The number of carbonyl (C=O) groups is 1. The van der Waals surface area contributed by atoms with Crippen molar-refractivity contribution < 1.29 is 9.21 Å². The Morgan fingerprint density at radius 3 is 2.21 bits per heavy atom. The van der Waals surface area contributed by atoms with E-state index in [1.54, 1.807) is 31.2 Å². The molecule has 0 fully saturated rings. The van der Waals surface area contributed by atoms with E-state index in [2.05, 4.69) is 5.32 Å². The number of aryl methyl sites for hydroxylation is 2. The standard InChI is InChI=1S/C19H15Cl2NO2/c1-11-3-5-16(6-4-11)22-19(23)17-10-18(24-12(17)2)13-7-14(20)9-15(21)8-13/h3-10H,1-2H3,(H,22,23). The second-order valence-electron chi connectivity index (χ2n) is 5.56. The van der Waals surface area contributed by atoms with Gasteiger partial charge in [-0.2, -0.15) is 0 Å². The lowest BCUT2D eigenvalue weighted by atomic mass is 10.1. The summed E-state index contributed by atoms with van der Waals surface area (Å²) in [5.41, 5.74) is 3.07. The van der Waals surface area contributed by atoms with Gasteiger partial charge < -0.3 is 9.73 Å². The van der Waals surface area contributed by atoms with Crippen LogP contribution in [0.25, 0.3) is 11.3 Å². The molecule has 0 saturated carbocycles. The molecule has 5 heteroatoms. The zero-order valence-corrected chi connectivity index (χ0v) is 14.7. The van der Waals surface area contributed by atoms with Crippen molar-refractivity contribution in [3.05, 3.63) is 75.5 Å². The summed E-state index contributed by atoms with van der Waals surface area (Å²) in [6.45, 7) is 3.74.